The fourth-order valence-electron chi connectivity index (χ4n) is 9.95. The number of aliphatic hydroxyl groups excluding tert-OH is 1. The van der Waals surface area contributed by atoms with Gasteiger partial charge in [0.1, 0.15) is 23.9 Å². The smallest absolute Gasteiger partial charge is 0.335 e. The molecule has 5 fully saturated rings. The van der Waals surface area contributed by atoms with E-state index >= 15 is 0 Å². The van der Waals surface area contributed by atoms with E-state index < -0.39 is 93.3 Å². The number of carbonyl (C=O) groups excluding carboxylic acids is 4. The van der Waals surface area contributed by atoms with Crippen LogP contribution in [-0.4, -0.2) is 70.5 Å². The summed E-state index contributed by atoms with van der Waals surface area (Å²) in [4.78, 5) is 54.1. The standard InChI is InChI=1S/C32H40O11/c1-8-15(2)23(35)42-26-28(3,4)21(20(34)24(36)39-7)30(6)17-9-11-29(5)18(32(17)27(43-32)31(26,38)25(30)37)13-19(33)41-22(29)16-10-12-40-14-16/h8,10,12,14,17-18,20-22,26-27,34,38H,9,11,13H2,1-7H3/b15-8+/t17?,18?,20?,21?,22-,26-,27+,29+,30-,31?,32+/m0/s1. The normalized spacial score (nSPS) is 45.1. The lowest BCUT2D eigenvalue weighted by atomic mass is 9.36. The van der Waals surface area contributed by atoms with E-state index in [2.05, 4.69) is 0 Å². The Morgan fingerprint density at radius 3 is 2.47 bits per heavy atom. The van der Waals surface area contributed by atoms with Crippen LogP contribution in [0.4, 0.5) is 0 Å². The van der Waals surface area contributed by atoms with Gasteiger partial charge in [0.2, 0.25) is 0 Å². The van der Waals surface area contributed by atoms with Gasteiger partial charge in [0.25, 0.3) is 0 Å². The highest BCUT2D eigenvalue weighted by molar-refractivity contribution is 5.99. The zero-order valence-electron chi connectivity index (χ0n) is 25.5. The summed E-state index contributed by atoms with van der Waals surface area (Å²) in [6.07, 6.45) is 0.521. The number of furan rings is 1. The molecule has 0 amide bonds. The van der Waals surface area contributed by atoms with Crippen molar-refractivity contribution < 1.29 is 52.8 Å². The van der Waals surface area contributed by atoms with Crippen LogP contribution in [0, 0.1) is 34.0 Å². The third kappa shape index (κ3) is 3.52. The number of ether oxygens (including phenoxy) is 4. The summed E-state index contributed by atoms with van der Waals surface area (Å²) in [7, 11) is 1.15. The van der Waals surface area contributed by atoms with Crippen molar-refractivity contribution in [3.63, 3.8) is 0 Å². The van der Waals surface area contributed by atoms with Crippen LogP contribution in [0.3, 0.4) is 0 Å². The van der Waals surface area contributed by atoms with E-state index in [-0.39, 0.29) is 12.0 Å². The molecule has 0 aromatic carbocycles. The number of hydrogen-bond acceptors (Lipinski definition) is 11. The maximum Gasteiger partial charge on any atom is 0.335 e. The highest BCUT2D eigenvalue weighted by Crippen LogP contribution is 2.78. The number of carbonyl (C=O) groups is 4. The second-order valence-corrected chi connectivity index (χ2v) is 14.1. The molecule has 0 radical (unpaired) electrons. The summed E-state index contributed by atoms with van der Waals surface area (Å²) in [5, 5.41) is 24.2. The van der Waals surface area contributed by atoms with Gasteiger partial charge >= 0.3 is 17.9 Å². The van der Waals surface area contributed by atoms with Crippen molar-refractivity contribution >= 4 is 23.7 Å². The minimum atomic E-state index is -2.32. The quantitative estimate of drug-likeness (QED) is 0.221. The minimum Gasteiger partial charge on any atom is -0.472 e. The summed E-state index contributed by atoms with van der Waals surface area (Å²) >= 11 is 0. The molecule has 1 aromatic heterocycles. The predicted molar refractivity (Wildman–Crippen MR) is 147 cm³/mol. The zero-order valence-corrected chi connectivity index (χ0v) is 25.5. The van der Waals surface area contributed by atoms with Gasteiger partial charge in [-0.25, -0.2) is 9.59 Å². The zero-order chi connectivity index (χ0) is 31.5. The van der Waals surface area contributed by atoms with Crippen LogP contribution in [0.1, 0.15) is 72.5 Å². The molecule has 2 N–H and O–H groups in total. The fourth-order valence-corrected chi connectivity index (χ4v) is 9.95. The van der Waals surface area contributed by atoms with Crippen LogP contribution in [0.25, 0.3) is 0 Å². The van der Waals surface area contributed by atoms with Crippen molar-refractivity contribution in [2.24, 2.45) is 34.0 Å². The fraction of sp³-hybridized carbons (Fsp3) is 0.688. The second kappa shape index (κ2) is 9.25. The summed E-state index contributed by atoms with van der Waals surface area (Å²) < 4.78 is 28.7. The van der Waals surface area contributed by atoms with E-state index in [0.29, 0.717) is 18.4 Å². The van der Waals surface area contributed by atoms with E-state index in [1.807, 2.05) is 6.92 Å². The van der Waals surface area contributed by atoms with Gasteiger partial charge in [0.05, 0.1) is 26.1 Å². The van der Waals surface area contributed by atoms with Crippen molar-refractivity contribution in [3.8, 4) is 0 Å². The van der Waals surface area contributed by atoms with Gasteiger partial charge in [-0.15, -0.1) is 0 Å². The topological polar surface area (TPSA) is 162 Å². The minimum absolute atomic E-state index is 0.0199. The molecule has 11 atom stereocenters. The van der Waals surface area contributed by atoms with Gasteiger partial charge in [-0.2, -0.15) is 0 Å². The molecule has 1 spiro atoms. The molecule has 6 rings (SSSR count). The van der Waals surface area contributed by atoms with Gasteiger partial charge in [-0.3, -0.25) is 9.59 Å². The highest BCUT2D eigenvalue weighted by Gasteiger charge is 2.91. The van der Waals surface area contributed by atoms with Crippen LogP contribution in [0.2, 0.25) is 0 Å². The molecule has 3 heterocycles. The Balaban J connectivity index is 1.55. The van der Waals surface area contributed by atoms with Crippen LogP contribution in [0.5, 0.6) is 0 Å². The molecule has 3 saturated carbocycles. The first-order valence-electron chi connectivity index (χ1n) is 14.8. The van der Waals surface area contributed by atoms with Crippen LogP contribution < -0.4 is 0 Å². The first kappa shape index (κ1) is 30.0. The number of Topliss-reactive ketones (excluding diaryl/α,β-unsaturated/α-hetero) is 1. The molecule has 2 saturated heterocycles. The lowest BCUT2D eigenvalue weighted by Gasteiger charge is -2.67. The number of aliphatic hydroxyl groups is 2. The Hall–Kier alpha value is -3.02. The second-order valence-electron chi connectivity index (χ2n) is 14.1. The maximum absolute atomic E-state index is 14.7. The number of ketones is 1. The SMILES string of the molecule is C/C=C(\C)C(=O)O[C@H]1C(C)(C)C(C(O)C(=O)OC)[C@@]2(C)C(=O)C1(O)[C@H]1O[C@@]13C2CC[C@]1(C)C3CC(=O)O[C@H]1c1ccoc1. The molecule has 5 unspecified atom stereocenters. The molecule has 2 aliphatic heterocycles. The maximum atomic E-state index is 14.7. The number of allylic oxidation sites excluding steroid dienone is 1. The molecule has 11 nitrogen and oxygen atoms in total. The molecule has 3 aliphatic carbocycles. The van der Waals surface area contributed by atoms with E-state index in [0.717, 1.165) is 7.11 Å². The average Bonchev–Trinajstić information content (AvgIpc) is 3.45. The van der Waals surface area contributed by atoms with Gasteiger partial charge in [0, 0.05) is 45.1 Å². The highest BCUT2D eigenvalue weighted by atomic mass is 16.6. The largest absolute Gasteiger partial charge is 0.472 e. The van der Waals surface area contributed by atoms with Crippen LogP contribution in [-0.2, 0) is 38.1 Å². The summed E-state index contributed by atoms with van der Waals surface area (Å²) in [6.45, 7) is 10.2. The number of fused-ring (bicyclic) bond motifs is 5. The number of hydrogen-bond donors (Lipinski definition) is 2. The number of cyclic esters (lactones) is 1. The van der Waals surface area contributed by atoms with E-state index in [1.165, 1.54) is 6.26 Å². The van der Waals surface area contributed by atoms with Gasteiger partial charge < -0.3 is 33.6 Å². The van der Waals surface area contributed by atoms with Crippen molar-refractivity contribution in [1.82, 2.24) is 0 Å². The van der Waals surface area contributed by atoms with Crippen molar-refractivity contribution in [2.45, 2.75) is 96.4 Å². The molecular formula is C32H40O11. The van der Waals surface area contributed by atoms with Crippen molar-refractivity contribution in [2.75, 3.05) is 7.11 Å². The van der Waals surface area contributed by atoms with Gasteiger partial charge in [-0.1, -0.05) is 33.8 Å². The monoisotopic (exact) mass is 600 g/mol. The van der Waals surface area contributed by atoms with E-state index in [4.69, 9.17) is 23.4 Å². The molecule has 1 aromatic rings. The Morgan fingerprint density at radius 1 is 1.16 bits per heavy atom. The Kier molecular flexibility index (Phi) is 6.46. The van der Waals surface area contributed by atoms with Crippen LogP contribution >= 0.6 is 0 Å². The number of epoxide rings is 1. The first-order chi connectivity index (χ1) is 20.1. The summed E-state index contributed by atoms with van der Waals surface area (Å²) in [5.41, 5.74) is -6.06. The molecule has 5 aliphatic rings. The van der Waals surface area contributed by atoms with E-state index in [9.17, 15) is 29.4 Å². The molecular weight excluding hydrogens is 560 g/mol. The molecule has 11 heteroatoms. The molecule has 43 heavy (non-hydrogen) atoms. The first-order valence-corrected chi connectivity index (χ1v) is 14.8. The lowest BCUT2D eigenvalue weighted by molar-refractivity contribution is -0.260. The van der Waals surface area contributed by atoms with Gasteiger partial charge in [0.15, 0.2) is 17.5 Å². The third-order valence-electron chi connectivity index (χ3n) is 11.8. The number of methoxy groups -OCH3 is 1. The van der Waals surface area contributed by atoms with Crippen LogP contribution in [0.15, 0.2) is 34.7 Å². The lowest BCUT2D eigenvalue weighted by Crippen LogP contribution is -2.81. The third-order valence-corrected chi connectivity index (χ3v) is 11.8. The Bertz CT molecular complexity index is 1410. The number of esters is 3. The summed E-state index contributed by atoms with van der Waals surface area (Å²) in [6, 6.07) is 1.75. The molecule has 2 bridgehead atoms. The Labute approximate surface area is 249 Å². The van der Waals surface area contributed by atoms with Crippen molar-refractivity contribution in [1.29, 1.82) is 0 Å². The summed E-state index contributed by atoms with van der Waals surface area (Å²) in [5.74, 6) is -5.01. The average molecular weight is 601 g/mol. The molecule has 234 valence electrons. The van der Waals surface area contributed by atoms with Gasteiger partial charge in [-0.05, 0) is 32.8 Å². The Morgan fingerprint density at radius 2 is 1.86 bits per heavy atom. The van der Waals surface area contributed by atoms with Crippen molar-refractivity contribution in [3.05, 3.63) is 35.8 Å². The predicted octanol–water partition coefficient (Wildman–Crippen LogP) is 2.83. The van der Waals surface area contributed by atoms with E-state index in [1.54, 1.807) is 53.0 Å². The number of rotatable bonds is 5.